The summed E-state index contributed by atoms with van der Waals surface area (Å²) in [6, 6.07) is 15.1. The Kier molecular flexibility index (Phi) is 7.04. The summed E-state index contributed by atoms with van der Waals surface area (Å²) >= 11 is 12.2. The average molecular weight is 510 g/mol. The Morgan fingerprint density at radius 2 is 1.49 bits per heavy atom. The van der Waals surface area contributed by atoms with Gasteiger partial charge in [0.1, 0.15) is 6.10 Å². The molecule has 0 bridgehead atoms. The van der Waals surface area contributed by atoms with Gasteiger partial charge in [0.25, 0.3) is 0 Å². The van der Waals surface area contributed by atoms with E-state index in [1.807, 2.05) is 55.5 Å². The molecule has 35 heavy (non-hydrogen) atoms. The van der Waals surface area contributed by atoms with E-state index in [0.717, 1.165) is 48.2 Å². The van der Waals surface area contributed by atoms with Crippen molar-refractivity contribution >= 4 is 35.0 Å². The van der Waals surface area contributed by atoms with Crippen LogP contribution in [-0.4, -0.2) is 17.9 Å². The number of carbonyl (C=O) groups excluding carboxylic acids is 2. The fourth-order valence-electron chi connectivity index (χ4n) is 5.67. The molecule has 4 nitrogen and oxygen atoms in total. The van der Waals surface area contributed by atoms with E-state index in [-0.39, 0.29) is 23.8 Å². The number of benzene rings is 2. The zero-order chi connectivity index (χ0) is 24.5. The molecule has 2 aliphatic carbocycles. The third-order valence-electron chi connectivity index (χ3n) is 7.42. The van der Waals surface area contributed by atoms with E-state index in [4.69, 9.17) is 27.9 Å². The van der Waals surface area contributed by atoms with Gasteiger partial charge in [-0.25, -0.2) is 4.79 Å². The van der Waals surface area contributed by atoms with Crippen molar-refractivity contribution < 1.29 is 14.3 Å². The molecule has 5 rings (SSSR count). The maximum atomic E-state index is 13.7. The van der Waals surface area contributed by atoms with Gasteiger partial charge in [-0.1, -0.05) is 53.9 Å². The molecule has 0 spiro atoms. The second kappa shape index (κ2) is 10.2. The van der Waals surface area contributed by atoms with Gasteiger partial charge in [-0.15, -0.1) is 0 Å². The molecule has 0 radical (unpaired) electrons. The lowest BCUT2D eigenvalue weighted by atomic mass is 9.71. The van der Waals surface area contributed by atoms with Crippen molar-refractivity contribution in [1.29, 1.82) is 0 Å². The summed E-state index contributed by atoms with van der Waals surface area (Å²) in [5, 5.41) is 4.71. The van der Waals surface area contributed by atoms with E-state index in [1.165, 1.54) is 6.42 Å². The van der Waals surface area contributed by atoms with Crippen LogP contribution >= 0.6 is 23.2 Å². The van der Waals surface area contributed by atoms with Gasteiger partial charge >= 0.3 is 5.97 Å². The first-order valence-corrected chi connectivity index (χ1v) is 13.1. The predicted molar refractivity (Wildman–Crippen MR) is 138 cm³/mol. The second-order valence-corrected chi connectivity index (χ2v) is 10.7. The van der Waals surface area contributed by atoms with E-state index in [2.05, 4.69) is 5.32 Å². The molecular formula is C29H29Cl2NO3. The zero-order valence-corrected chi connectivity index (χ0v) is 21.3. The maximum absolute atomic E-state index is 13.7. The first kappa shape index (κ1) is 24.1. The van der Waals surface area contributed by atoms with E-state index in [9.17, 15) is 9.59 Å². The van der Waals surface area contributed by atoms with Crippen molar-refractivity contribution in [3.8, 4) is 0 Å². The molecule has 0 saturated heterocycles. The van der Waals surface area contributed by atoms with Gasteiger partial charge in [0, 0.05) is 39.4 Å². The van der Waals surface area contributed by atoms with Crippen LogP contribution in [0.2, 0.25) is 10.0 Å². The van der Waals surface area contributed by atoms with Crippen molar-refractivity contribution in [2.24, 2.45) is 0 Å². The molecule has 0 amide bonds. The largest absolute Gasteiger partial charge is 0.459 e. The van der Waals surface area contributed by atoms with Gasteiger partial charge in [0.05, 0.1) is 5.57 Å². The highest BCUT2D eigenvalue weighted by Gasteiger charge is 2.41. The molecule has 1 saturated carbocycles. The fourth-order valence-corrected chi connectivity index (χ4v) is 5.92. The van der Waals surface area contributed by atoms with Gasteiger partial charge in [-0.05, 0) is 80.3 Å². The molecule has 0 unspecified atom stereocenters. The van der Waals surface area contributed by atoms with Crippen molar-refractivity contribution in [1.82, 2.24) is 5.32 Å². The monoisotopic (exact) mass is 509 g/mol. The third kappa shape index (κ3) is 5.05. The topological polar surface area (TPSA) is 55.4 Å². The van der Waals surface area contributed by atoms with Gasteiger partial charge in [-0.3, -0.25) is 4.79 Å². The Bertz CT molecular complexity index is 1190. The molecule has 2 aromatic carbocycles. The number of Topliss-reactive ketones (excluding diaryl/α,β-unsaturated/α-hetero) is 1. The Hall–Kier alpha value is -2.56. The number of hydrogen-bond donors (Lipinski definition) is 1. The molecule has 3 aliphatic rings. The highest BCUT2D eigenvalue weighted by molar-refractivity contribution is 6.30. The lowest BCUT2D eigenvalue weighted by Crippen LogP contribution is -2.37. The summed E-state index contributed by atoms with van der Waals surface area (Å²) in [6.07, 6.45) is 6.15. The molecule has 2 aromatic rings. The second-order valence-electron chi connectivity index (χ2n) is 9.79. The van der Waals surface area contributed by atoms with Crippen LogP contribution in [0.1, 0.15) is 74.8 Å². The first-order chi connectivity index (χ1) is 16.9. The van der Waals surface area contributed by atoms with Gasteiger partial charge in [-0.2, -0.15) is 0 Å². The summed E-state index contributed by atoms with van der Waals surface area (Å²) in [5.41, 5.74) is 4.77. The number of ether oxygens (including phenoxy) is 1. The number of halogens is 2. The molecule has 2 atom stereocenters. The minimum absolute atomic E-state index is 0.0501. The third-order valence-corrected chi connectivity index (χ3v) is 7.92. The number of dihydropyridines is 1. The Balaban J connectivity index is 1.51. The van der Waals surface area contributed by atoms with E-state index < -0.39 is 5.92 Å². The highest BCUT2D eigenvalue weighted by Crippen LogP contribution is 2.46. The maximum Gasteiger partial charge on any atom is 0.337 e. The standard InChI is InChI=1S/C29H29Cl2NO3/c1-17-26(29(34)35-23-5-3-2-4-6-23)27(19-9-13-22(31)14-10-19)28-24(32-17)15-20(16-25(28)33)18-7-11-21(30)12-8-18/h7-14,20,23,27,32H,2-6,15-16H2,1H3/t20-,27-/m1/s1. The average Bonchev–Trinajstić information content (AvgIpc) is 2.84. The van der Waals surface area contributed by atoms with Gasteiger partial charge in [0.2, 0.25) is 0 Å². The zero-order valence-electron chi connectivity index (χ0n) is 19.8. The molecule has 1 heterocycles. The van der Waals surface area contributed by atoms with Crippen LogP contribution in [0.3, 0.4) is 0 Å². The summed E-state index contributed by atoms with van der Waals surface area (Å²) in [5.74, 6) is -0.700. The number of hydrogen-bond acceptors (Lipinski definition) is 4. The van der Waals surface area contributed by atoms with Crippen LogP contribution in [0.25, 0.3) is 0 Å². The van der Waals surface area contributed by atoms with Crippen molar-refractivity contribution in [3.63, 3.8) is 0 Å². The summed E-state index contributed by atoms with van der Waals surface area (Å²) in [4.78, 5) is 27.2. The Labute approximate surface area is 216 Å². The quantitative estimate of drug-likeness (QED) is 0.441. The number of carbonyl (C=O) groups is 2. The predicted octanol–water partition coefficient (Wildman–Crippen LogP) is 7.23. The summed E-state index contributed by atoms with van der Waals surface area (Å²) in [7, 11) is 0. The molecule has 1 fully saturated rings. The lowest BCUT2D eigenvalue weighted by molar-refractivity contribution is -0.146. The minimum atomic E-state index is -0.474. The molecular weight excluding hydrogens is 481 g/mol. The molecule has 6 heteroatoms. The molecule has 1 N–H and O–H groups in total. The molecule has 0 aromatic heterocycles. The van der Waals surface area contributed by atoms with E-state index >= 15 is 0 Å². The van der Waals surface area contributed by atoms with Crippen molar-refractivity contribution in [2.75, 3.05) is 0 Å². The normalized spacial score (nSPS) is 23.1. The number of nitrogens with one attached hydrogen (secondary N) is 1. The van der Waals surface area contributed by atoms with Crippen LogP contribution in [0, 0.1) is 0 Å². The highest BCUT2D eigenvalue weighted by atomic mass is 35.5. The number of esters is 1. The number of allylic oxidation sites excluding steroid dienone is 3. The summed E-state index contributed by atoms with van der Waals surface area (Å²) in [6.45, 7) is 1.90. The summed E-state index contributed by atoms with van der Waals surface area (Å²) < 4.78 is 5.98. The molecule has 182 valence electrons. The lowest BCUT2D eigenvalue weighted by Gasteiger charge is -2.37. The SMILES string of the molecule is CC1=C(C(=O)OC2CCCCC2)[C@@H](c2ccc(Cl)cc2)C2=C(C[C@@H](c3ccc(Cl)cc3)CC2=O)N1. The fraction of sp³-hybridized carbons (Fsp3) is 0.379. The van der Waals surface area contributed by atoms with Crippen LogP contribution in [0.15, 0.2) is 71.1 Å². The smallest absolute Gasteiger partial charge is 0.337 e. The van der Waals surface area contributed by atoms with Crippen LogP contribution < -0.4 is 5.32 Å². The Morgan fingerprint density at radius 3 is 2.11 bits per heavy atom. The van der Waals surface area contributed by atoms with Gasteiger partial charge < -0.3 is 10.1 Å². The van der Waals surface area contributed by atoms with E-state index in [0.29, 0.717) is 34.0 Å². The number of rotatable bonds is 4. The van der Waals surface area contributed by atoms with Crippen molar-refractivity contribution in [3.05, 3.63) is 92.2 Å². The van der Waals surface area contributed by atoms with Gasteiger partial charge in [0.15, 0.2) is 5.78 Å². The number of ketones is 1. The first-order valence-electron chi connectivity index (χ1n) is 12.4. The van der Waals surface area contributed by atoms with Crippen LogP contribution in [0.5, 0.6) is 0 Å². The van der Waals surface area contributed by atoms with Crippen molar-refractivity contribution in [2.45, 2.75) is 69.8 Å². The molecule has 1 aliphatic heterocycles. The minimum Gasteiger partial charge on any atom is -0.459 e. The van der Waals surface area contributed by atoms with E-state index in [1.54, 1.807) is 0 Å². The van der Waals surface area contributed by atoms with Crippen LogP contribution in [0.4, 0.5) is 0 Å². The Morgan fingerprint density at radius 1 is 0.886 bits per heavy atom. The van der Waals surface area contributed by atoms with Crippen LogP contribution in [-0.2, 0) is 14.3 Å².